The van der Waals surface area contributed by atoms with E-state index in [-0.39, 0.29) is 28.3 Å². The molecule has 0 aliphatic heterocycles. The van der Waals surface area contributed by atoms with E-state index in [0.29, 0.717) is 25.9 Å². The SMILES string of the molecule is CCCN(CCC)C1=Cc2c(OC)ccc(OC)c2C1(O)C(F)(F)F. The lowest BCUT2D eigenvalue weighted by Crippen LogP contribution is -2.48. The largest absolute Gasteiger partial charge is 0.496 e. The summed E-state index contributed by atoms with van der Waals surface area (Å²) >= 11 is 0. The fourth-order valence-corrected chi connectivity index (χ4v) is 3.31. The molecule has 0 bridgehead atoms. The molecule has 7 heteroatoms. The van der Waals surface area contributed by atoms with E-state index in [4.69, 9.17) is 9.47 Å². The van der Waals surface area contributed by atoms with Crippen molar-refractivity contribution in [1.29, 1.82) is 0 Å². The molecule has 2 rings (SSSR count). The van der Waals surface area contributed by atoms with Gasteiger partial charge >= 0.3 is 6.18 Å². The smallest absolute Gasteiger partial charge is 0.427 e. The molecule has 1 unspecified atom stereocenters. The molecule has 1 aliphatic rings. The summed E-state index contributed by atoms with van der Waals surface area (Å²) in [6, 6.07) is 2.92. The maximum Gasteiger partial charge on any atom is 0.427 e. The van der Waals surface area contributed by atoms with Crippen LogP contribution in [0.25, 0.3) is 6.08 Å². The van der Waals surface area contributed by atoms with Crippen LogP contribution in [-0.2, 0) is 5.60 Å². The fraction of sp³-hybridized carbons (Fsp3) is 0.556. The topological polar surface area (TPSA) is 41.9 Å². The predicted molar refractivity (Wildman–Crippen MR) is 89.6 cm³/mol. The van der Waals surface area contributed by atoms with E-state index in [1.54, 1.807) is 4.90 Å². The van der Waals surface area contributed by atoms with Gasteiger partial charge in [0.05, 0.1) is 25.5 Å². The summed E-state index contributed by atoms with van der Waals surface area (Å²) in [6.07, 6.45) is -2.20. The van der Waals surface area contributed by atoms with Crippen molar-refractivity contribution in [2.24, 2.45) is 0 Å². The standard InChI is InChI=1S/C18H24F3NO3/c1-5-9-22(10-6-2)15-11-12-13(24-3)7-8-14(25-4)16(12)17(15,23)18(19,20)21/h7-8,11,23H,5-6,9-10H2,1-4H3. The highest BCUT2D eigenvalue weighted by molar-refractivity contribution is 5.76. The molecule has 25 heavy (non-hydrogen) atoms. The molecular formula is C18H24F3NO3. The molecule has 1 aliphatic carbocycles. The van der Waals surface area contributed by atoms with Crippen molar-refractivity contribution >= 4 is 6.08 Å². The van der Waals surface area contributed by atoms with Crippen LogP contribution >= 0.6 is 0 Å². The van der Waals surface area contributed by atoms with Crippen LogP contribution in [0.15, 0.2) is 17.8 Å². The number of ether oxygens (including phenoxy) is 2. The third-order valence-corrected chi connectivity index (χ3v) is 4.36. The molecule has 4 nitrogen and oxygen atoms in total. The quantitative estimate of drug-likeness (QED) is 0.801. The highest BCUT2D eigenvalue weighted by Gasteiger charge is 2.63. The lowest BCUT2D eigenvalue weighted by molar-refractivity contribution is -0.255. The molecule has 140 valence electrons. The van der Waals surface area contributed by atoms with E-state index in [2.05, 4.69) is 0 Å². The maximum absolute atomic E-state index is 14.1. The minimum absolute atomic E-state index is 0.0187. The number of methoxy groups -OCH3 is 2. The van der Waals surface area contributed by atoms with Crippen LogP contribution in [0.2, 0.25) is 0 Å². The first kappa shape index (κ1) is 19.4. The predicted octanol–water partition coefficient (Wildman–Crippen LogP) is 3.93. The monoisotopic (exact) mass is 359 g/mol. The molecule has 0 saturated heterocycles. The number of rotatable bonds is 7. The van der Waals surface area contributed by atoms with Gasteiger partial charge in [-0.1, -0.05) is 13.8 Å². The Morgan fingerprint density at radius 2 is 1.56 bits per heavy atom. The third kappa shape index (κ3) is 3.05. The van der Waals surface area contributed by atoms with Crippen molar-refractivity contribution in [3.63, 3.8) is 0 Å². The average Bonchev–Trinajstić information content (AvgIpc) is 2.89. The normalized spacial score (nSPS) is 19.4. The van der Waals surface area contributed by atoms with E-state index in [1.807, 2.05) is 13.8 Å². The molecule has 0 radical (unpaired) electrons. The second-order valence-electron chi connectivity index (χ2n) is 5.98. The van der Waals surface area contributed by atoms with Crippen molar-refractivity contribution in [3.8, 4) is 11.5 Å². The highest BCUT2D eigenvalue weighted by Crippen LogP contribution is 2.56. The number of aliphatic hydroxyl groups is 1. The van der Waals surface area contributed by atoms with Crippen LogP contribution in [0.1, 0.15) is 37.8 Å². The molecule has 1 aromatic rings. The van der Waals surface area contributed by atoms with Crippen molar-refractivity contribution in [2.75, 3.05) is 27.3 Å². The Morgan fingerprint density at radius 3 is 2.00 bits per heavy atom. The minimum Gasteiger partial charge on any atom is -0.496 e. The van der Waals surface area contributed by atoms with Gasteiger partial charge < -0.3 is 19.5 Å². The molecule has 1 aromatic carbocycles. The summed E-state index contributed by atoms with van der Waals surface area (Å²) in [5, 5.41) is 10.9. The second kappa shape index (κ2) is 7.15. The lowest BCUT2D eigenvalue weighted by atomic mass is 9.90. The Labute approximate surface area is 145 Å². The van der Waals surface area contributed by atoms with Crippen LogP contribution in [0, 0.1) is 0 Å². The zero-order chi connectivity index (χ0) is 18.8. The summed E-state index contributed by atoms with van der Waals surface area (Å²) in [6.45, 7) is 4.60. The van der Waals surface area contributed by atoms with Gasteiger partial charge in [-0.05, 0) is 31.1 Å². The van der Waals surface area contributed by atoms with E-state index >= 15 is 0 Å². The summed E-state index contributed by atoms with van der Waals surface area (Å²) in [7, 11) is 2.67. The van der Waals surface area contributed by atoms with Crippen molar-refractivity contribution in [2.45, 2.75) is 38.5 Å². The Balaban J connectivity index is 2.75. The Kier molecular flexibility index (Phi) is 5.56. The fourth-order valence-electron chi connectivity index (χ4n) is 3.31. The third-order valence-electron chi connectivity index (χ3n) is 4.36. The number of fused-ring (bicyclic) bond motifs is 1. The summed E-state index contributed by atoms with van der Waals surface area (Å²) in [5.74, 6) is 0.247. The number of halogens is 3. The van der Waals surface area contributed by atoms with Gasteiger partial charge in [0.2, 0.25) is 5.60 Å². The van der Waals surface area contributed by atoms with Gasteiger partial charge in [-0.3, -0.25) is 0 Å². The van der Waals surface area contributed by atoms with E-state index in [9.17, 15) is 18.3 Å². The second-order valence-corrected chi connectivity index (χ2v) is 5.98. The van der Waals surface area contributed by atoms with E-state index in [1.165, 1.54) is 32.4 Å². The van der Waals surface area contributed by atoms with E-state index < -0.39 is 11.8 Å². The highest BCUT2D eigenvalue weighted by atomic mass is 19.4. The maximum atomic E-state index is 14.1. The zero-order valence-electron chi connectivity index (χ0n) is 14.9. The van der Waals surface area contributed by atoms with E-state index in [0.717, 1.165) is 0 Å². The molecule has 0 saturated carbocycles. The Bertz CT molecular complexity index is 652. The molecular weight excluding hydrogens is 335 g/mol. The first-order valence-corrected chi connectivity index (χ1v) is 8.27. The van der Waals surface area contributed by atoms with Gasteiger partial charge in [0.1, 0.15) is 11.5 Å². The molecule has 1 atom stereocenters. The number of hydrogen-bond donors (Lipinski definition) is 1. The number of alkyl halides is 3. The number of benzene rings is 1. The van der Waals surface area contributed by atoms with Gasteiger partial charge in [-0.25, -0.2) is 0 Å². The molecule has 0 aromatic heterocycles. The van der Waals surface area contributed by atoms with Crippen LogP contribution < -0.4 is 9.47 Å². The van der Waals surface area contributed by atoms with Crippen LogP contribution in [-0.4, -0.2) is 43.5 Å². The Hall–Kier alpha value is -1.89. The molecule has 0 amide bonds. The lowest BCUT2D eigenvalue weighted by Gasteiger charge is -2.37. The van der Waals surface area contributed by atoms with Crippen LogP contribution in [0.3, 0.4) is 0 Å². The number of nitrogens with zero attached hydrogens (tertiary/aromatic N) is 1. The Morgan fingerprint density at radius 1 is 1.04 bits per heavy atom. The van der Waals surface area contributed by atoms with Crippen LogP contribution in [0.5, 0.6) is 11.5 Å². The van der Waals surface area contributed by atoms with Crippen LogP contribution in [0.4, 0.5) is 13.2 Å². The number of hydrogen-bond acceptors (Lipinski definition) is 4. The zero-order valence-corrected chi connectivity index (χ0v) is 14.9. The minimum atomic E-state index is -4.90. The molecule has 0 fully saturated rings. The van der Waals surface area contributed by atoms with Gasteiger partial charge in [-0.15, -0.1) is 0 Å². The van der Waals surface area contributed by atoms with Gasteiger partial charge in [0, 0.05) is 18.7 Å². The van der Waals surface area contributed by atoms with Gasteiger partial charge in [0.25, 0.3) is 0 Å². The average molecular weight is 359 g/mol. The van der Waals surface area contributed by atoms with Gasteiger partial charge in [0.15, 0.2) is 0 Å². The van der Waals surface area contributed by atoms with Gasteiger partial charge in [-0.2, -0.15) is 13.2 Å². The molecule has 0 heterocycles. The van der Waals surface area contributed by atoms with Crippen molar-refractivity contribution in [3.05, 3.63) is 29.0 Å². The summed E-state index contributed by atoms with van der Waals surface area (Å²) in [4.78, 5) is 1.59. The first-order valence-electron chi connectivity index (χ1n) is 8.27. The first-order chi connectivity index (χ1) is 11.8. The molecule has 0 spiro atoms. The molecule has 1 N–H and O–H groups in total. The van der Waals surface area contributed by atoms with Crippen molar-refractivity contribution in [1.82, 2.24) is 4.90 Å². The summed E-state index contributed by atoms with van der Waals surface area (Å²) < 4.78 is 52.5. The van der Waals surface area contributed by atoms with Crippen molar-refractivity contribution < 1.29 is 27.8 Å². The summed E-state index contributed by atoms with van der Waals surface area (Å²) in [5.41, 5.74) is -3.42.